The SMILES string of the molecule is CC(=O)C(c1ccc(OCCO)cc1)C(C)(C)O. The fraction of sp³-hybridized carbons (Fsp3) is 0.500. The number of aliphatic hydroxyl groups excluding tert-OH is 1. The summed E-state index contributed by atoms with van der Waals surface area (Å²) in [7, 11) is 0. The largest absolute Gasteiger partial charge is 0.491 e. The number of ether oxygens (including phenoxy) is 1. The zero-order valence-corrected chi connectivity index (χ0v) is 11.0. The average Bonchev–Trinajstić information content (AvgIpc) is 2.25. The van der Waals surface area contributed by atoms with Crippen molar-refractivity contribution in [3.63, 3.8) is 0 Å². The van der Waals surface area contributed by atoms with Crippen LogP contribution in [0, 0.1) is 0 Å². The molecule has 0 saturated heterocycles. The van der Waals surface area contributed by atoms with Crippen molar-refractivity contribution in [2.75, 3.05) is 13.2 Å². The van der Waals surface area contributed by atoms with Gasteiger partial charge in [0.1, 0.15) is 18.1 Å². The molecular weight excluding hydrogens is 232 g/mol. The first-order valence-electron chi connectivity index (χ1n) is 5.92. The van der Waals surface area contributed by atoms with Crippen molar-refractivity contribution in [1.29, 1.82) is 0 Å². The highest BCUT2D eigenvalue weighted by Crippen LogP contribution is 2.30. The Labute approximate surface area is 107 Å². The maximum Gasteiger partial charge on any atom is 0.140 e. The monoisotopic (exact) mass is 252 g/mol. The standard InChI is InChI=1S/C14H20O4/c1-10(16)13(14(2,3)17)11-4-6-12(7-5-11)18-9-8-15/h4-7,13,15,17H,8-9H2,1-3H3. The van der Waals surface area contributed by atoms with E-state index in [1.807, 2.05) is 0 Å². The van der Waals surface area contributed by atoms with Crippen molar-refractivity contribution in [3.05, 3.63) is 29.8 Å². The molecule has 0 aliphatic heterocycles. The number of aliphatic hydroxyl groups is 2. The summed E-state index contributed by atoms with van der Waals surface area (Å²) in [6.07, 6.45) is 0. The van der Waals surface area contributed by atoms with Crippen LogP contribution >= 0.6 is 0 Å². The predicted molar refractivity (Wildman–Crippen MR) is 68.7 cm³/mol. The molecule has 1 atom stereocenters. The molecule has 4 nitrogen and oxygen atoms in total. The van der Waals surface area contributed by atoms with Crippen LogP contribution in [0.2, 0.25) is 0 Å². The number of benzene rings is 1. The van der Waals surface area contributed by atoms with E-state index in [9.17, 15) is 9.90 Å². The molecular formula is C14H20O4. The second kappa shape index (κ2) is 5.98. The van der Waals surface area contributed by atoms with Crippen molar-refractivity contribution < 1.29 is 19.7 Å². The fourth-order valence-corrected chi connectivity index (χ4v) is 2.06. The maximum absolute atomic E-state index is 11.6. The summed E-state index contributed by atoms with van der Waals surface area (Å²) in [5, 5.41) is 18.7. The Balaban J connectivity index is 2.91. The van der Waals surface area contributed by atoms with Crippen LogP contribution in [0.3, 0.4) is 0 Å². The Hall–Kier alpha value is -1.39. The lowest BCUT2D eigenvalue weighted by molar-refractivity contribution is -0.123. The summed E-state index contributed by atoms with van der Waals surface area (Å²) in [5.41, 5.74) is -0.342. The number of hydrogen-bond acceptors (Lipinski definition) is 4. The molecule has 0 fully saturated rings. The van der Waals surface area contributed by atoms with Gasteiger partial charge in [-0.1, -0.05) is 12.1 Å². The van der Waals surface area contributed by atoms with Gasteiger partial charge in [-0.2, -0.15) is 0 Å². The van der Waals surface area contributed by atoms with E-state index in [2.05, 4.69) is 0 Å². The summed E-state index contributed by atoms with van der Waals surface area (Å²) in [6.45, 7) is 4.91. The van der Waals surface area contributed by atoms with Crippen molar-refractivity contribution in [2.24, 2.45) is 0 Å². The molecule has 0 aliphatic carbocycles. The van der Waals surface area contributed by atoms with E-state index in [4.69, 9.17) is 9.84 Å². The van der Waals surface area contributed by atoms with Gasteiger partial charge in [0.25, 0.3) is 0 Å². The lowest BCUT2D eigenvalue weighted by Crippen LogP contribution is -2.33. The molecule has 1 aromatic rings. The van der Waals surface area contributed by atoms with Crippen molar-refractivity contribution >= 4 is 5.78 Å². The Morgan fingerprint density at radius 1 is 1.33 bits per heavy atom. The van der Waals surface area contributed by atoms with Crippen LogP contribution in [0.25, 0.3) is 0 Å². The third-order valence-electron chi connectivity index (χ3n) is 2.69. The average molecular weight is 252 g/mol. The summed E-state index contributed by atoms with van der Waals surface area (Å²) in [6, 6.07) is 6.98. The predicted octanol–water partition coefficient (Wildman–Crippen LogP) is 1.50. The van der Waals surface area contributed by atoms with Gasteiger partial charge in [0.05, 0.1) is 18.1 Å². The minimum Gasteiger partial charge on any atom is -0.491 e. The van der Waals surface area contributed by atoms with Crippen molar-refractivity contribution in [3.8, 4) is 5.75 Å². The van der Waals surface area contributed by atoms with E-state index in [1.54, 1.807) is 38.1 Å². The van der Waals surface area contributed by atoms with Crippen molar-refractivity contribution in [2.45, 2.75) is 32.3 Å². The van der Waals surface area contributed by atoms with Gasteiger partial charge in [-0.25, -0.2) is 0 Å². The Kier molecular flexibility index (Phi) is 4.87. The van der Waals surface area contributed by atoms with Gasteiger partial charge >= 0.3 is 0 Å². The molecule has 0 heterocycles. The van der Waals surface area contributed by atoms with Crippen LogP contribution in [0.4, 0.5) is 0 Å². The Morgan fingerprint density at radius 3 is 2.28 bits per heavy atom. The van der Waals surface area contributed by atoms with Gasteiger partial charge in [0.2, 0.25) is 0 Å². The highest BCUT2D eigenvalue weighted by atomic mass is 16.5. The van der Waals surface area contributed by atoms with Gasteiger partial charge in [-0.15, -0.1) is 0 Å². The van der Waals surface area contributed by atoms with Crippen LogP contribution in [0.1, 0.15) is 32.3 Å². The molecule has 0 aromatic heterocycles. The molecule has 1 unspecified atom stereocenters. The first-order valence-corrected chi connectivity index (χ1v) is 5.92. The van der Waals surface area contributed by atoms with E-state index in [0.717, 1.165) is 5.56 Å². The van der Waals surface area contributed by atoms with E-state index in [0.29, 0.717) is 5.75 Å². The minimum absolute atomic E-state index is 0.0402. The summed E-state index contributed by atoms with van der Waals surface area (Å²) < 4.78 is 5.24. The van der Waals surface area contributed by atoms with Gasteiger partial charge < -0.3 is 14.9 Å². The van der Waals surface area contributed by atoms with Gasteiger partial charge in [-0.3, -0.25) is 4.79 Å². The first kappa shape index (κ1) is 14.7. The summed E-state index contributed by atoms with van der Waals surface area (Å²) >= 11 is 0. The minimum atomic E-state index is -1.10. The first-order chi connectivity index (χ1) is 8.36. The number of rotatable bonds is 6. The molecule has 0 aliphatic rings. The lowest BCUT2D eigenvalue weighted by Gasteiger charge is -2.27. The van der Waals surface area contributed by atoms with Crippen LogP contribution < -0.4 is 4.74 Å². The molecule has 0 amide bonds. The zero-order valence-electron chi connectivity index (χ0n) is 11.0. The van der Waals surface area contributed by atoms with Crippen LogP contribution in [0.15, 0.2) is 24.3 Å². The molecule has 2 N–H and O–H groups in total. The lowest BCUT2D eigenvalue weighted by atomic mass is 9.82. The van der Waals surface area contributed by atoms with Crippen LogP contribution in [-0.2, 0) is 4.79 Å². The fourth-order valence-electron chi connectivity index (χ4n) is 2.06. The normalized spacial score (nSPS) is 13.2. The zero-order chi connectivity index (χ0) is 13.8. The van der Waals surface area contributed by atoms with Crippen molar-refractivity contribution in [1.82, 2.24) is 0 Å². The summed E-state index contributed by atoms with van der Waals surface area (Å²) in [5.74, 6) is 0.00164. The summed E-state index contributed by atoms with van der Waals surface area (Å²) in [4.78, 5) is 11.6. The highest BCUT2D eigenvalue weighted by molar-refractivity contribution is 5.84. The number of carbonyl (C=O) groups is 1. The number of hydrogen-bond donors (Lipinski definition) is 2. The maximum atomic E-state index is 11.6. The molecule has 1 rings (SSSR count). The third-order valence-corrected chi connectivity index (χ3v) is 2.69. The second-order valence-corrected chi connectivity index (χ2v) is 4.84. The second-order valence-electron chi connectivity index (χ2n) is 4.84. The third kappa shape index (κ3) is 3.82. The Bertz CT molecular complexity index is 389. The van der Waals surface area contributed by atoms with E-state index >= 15 is 0 Å². The van der Waals surface area contributed by atoms with E-state index in [1.165, 1.54) is 6.92 Å². The number of Topliss-reactive ketones (excluding diaryl/α,β-unsaturated/α-hetero) is 1. The van der Waals surface area contributed by atoms with Crippen LogP contribution in [-0.4, -0.2) is 34.8 Å². The van der Waals surface area contributed by atoms with E-state index in [-0.39, 0.29) is 19.0 Å². The van der Waals surface area contributed by atoms with Gasteiger partial charge in [0.15, 0.2) is 0 Å². The van der Waals surface area contributed by atoms with E-state index < -0.39 is 11.5 Å². The van der Waals surface area contributed by atoms with Gasteiger partial charge in [0, 0.05) is 0 Å². The molecule has 100 valence electrons. The topological polar surface area (TPSA) is 66.8 Å². The molecule has 1 aromatic carbocycles. The van der Waals surface area contributed by atoms with Crippen LogP contribution in [0.5, 0.6) is 5.75 Å². The number of carbonyl (C=O) groups excluding carboxylic acids is 1. The van der Waals surface area contributed by atoms with Gasteiger partial charge in [-0.05, 0) is 38.5 Å². The molecule has 0 bridgehead atoms. The Morgan fingerprint density at radius 2 is 1.89 bits per heavy atom. The molecule has 0 saturated carbocycles. The highest BCUT2D eigenvalue weighted by Gasteiger charge is 2.32. The number of ketones is 1. The molecule has 0 spiro atoms. The molecule has 0 radical (unpaired) electrons. The smallest absolute Gasteiger partial charge is 0.140 e. The molecule has 18 heavy (non-hydrogen) atoms. The molecule has 4 heteroatoms. The quantitative estimate of drug-likeness (QED) is 0.805.